The number of rotatable bonds is 2. The fourth-order valence-corrected chi connectivity index (χ4v) is 1.62. The molecule has 0 spiro atoms. The monoisotopic (exact) mass is 189 g/mol. The fourth-order valence-electron chi connectivity index (χ4n) is 1.62. The van der Waals surface area contributed by atoms with Crippen molar-refractivity contribution in [1.82, 2.24) is 9.55 Å². The summed E-state index contributed by atoms with van der Waals surface area (Å²) in [5.74, 6) is 0. The summed E-state index contributed by atoms with van der Waals surface area (Å²) in [6, 6.07) is 6.29. The number of benzene rings is 1. The molecule has 0 amide bonds. The summed E-state index contributed by atoms with van der Waals surface area (Å²) in [5.41, 5.74) is 9.15. The molecule has 3 nitrogen and oxygen atoms in total. The average Bonchev–Trinajstić information content (AvgIpc) is 2.59. The number of hydrogen-bond acceptors (Lipinski definition) is 2. The number of fused-ring (bicyclic) bond motifs is 1. The maximum Gasteiger partial charge on any atom is 0.0958 e. The predicted molar refractivity (Wildman–Crippen MR) is 58.0 cm³/mol. The van der Waals surface area contributed by atoms with Crippen molar-refractivity contribution in [3.63, 3.8) is 0 Å². The van der Waals surface area contributed by atoms with Gasteiger partial charge >= 0.3 is 0 Å². The van der Waals surface area contributed by atoms with Gasteiger partial charge in [0, 0.05) is 12.6 Å². The SMILES string of the molecule is CCn1cnc2cc(C(C)N)ccc21. The van der Waals surface area contributed by atoms with E-state index in [1.807, 2.05) is 13.3 Å². The zero-order valence-electron chi connectivity index (χ0n) is 8.57. The predicted octanol–water partition coefficient (Wildman–Crippen LogP) is 2.08. The van der Waals surface area contributed by atoms with Gasteiger partial charge in [0.05, 0.1) is 17.4 Å². The van der Waals surface area contributed by atoms with Gasteiger partial charge in [-0.3, -0.25) is 0 Å². The molecule has 1 atom stereocenters. The van der Waals surface area contributed by atoms with Gasteiger partial charge in [-0.25, -0.2) is 4.98 Å². The third-order valence-corrected chi connectivity index (χ3v) is 2.51. The van der Waals surface area contributed by atoms with Crippen LogP contribution in [0.1, 0.15) is 25.5 Å². The Balaban J connectivity index is 2.57. The van der Waals surface area contributed by atoms with Gasteiger partial charge in [-0.15, -0.1) is 0 Å². The summed E-state index contributed by atoms with van der Waals surface area (Å²) in [4.78, 5) is 4.34. The molecule has 2 rings (SSSR count). The summed E-state index contributed by atoms with van der Waals surface area (Å²) < 4.78 is 2.13. The maximum absolute atomic E-state index is 5.81. The highest BCUT2D eigenvalue weighted by Crippen LogP contribution is 2.18. The van der Waals surface area contributed by atoms with E-state index in [1.54, 1.807) is 0 Å². The largest absolute Gasteiger partial charge is 0.331 e. The van der Waals surface area contributed by atoms with Gasteiger partial charge in [0.1, 0.15) is 0 Å². The van der Waals surface area contributed by atoms with Crippen molar-refractivity contribution in [2.24, 2.45) is 5.73 Å². The van der Waals surface area contributed by atoms with E-state index in [1.165, 1.54) is 5.52 Å². The fraction of sp³-hybridized carbons (Fsp3) is 0.364. The van der Waals surface area contributed by atoms with Crippen molar-refractivity contribution in [3.8, 4) is 0 Å². The van der Waals surface area contributed by atoms with Crippen LogP contribution in [-0.4, -0.2) is 9.55 Å². The number of imidazole rings is 1. The molecule has 3 heteroatoms. The molecule has 0 aliphatic carbocycles. The number of aromatic nitrogens is 2. The van der Waals surface area contributed by atoms with E-state index in [-0.39, 0.29) is 6.04 Å². The second-order valence-corrected chi connectivity index (χ2v) is 3.57. The molecule has 14 heavy (non-hydrogen) atoms. The minimum Gasteiger partial charge on any atom is -0.331 e. The zero-order chi connectivity index (χ0) is 10.1. The Labute approximate surface area is 83.6 Å². The van der Waals surface area contributed by atoms with Crippen LogP contribution >= 0.6 is 0 Å². The van der Waals surface area contributed by atoms with Crippen LogP contribution in [0.25, 0.3) is 11.0 Å². The van der Waals surface area contributed by atoms with E-state index in [4.69, 9.17) is 5.73 Å². The first-order chi connectivity index (χ1) is 6.72. The quantitative estimate of drug-likeness (QED) is 0.786. The number of nitrogens with two attached hydrogens (primary N) is 1. The number of aryl methyl sites for hydroxylation is 1. The summed E-state index contributed by atoms with van der Waals surface area (Å²) in [6.45, 7) is 5.05. The summed E-state index contributed by atoms with van der Waals surface area (Å²) in [5, 5.41) is 0. The van der Waals surface area contributed by atoms with Gasteiger partial charge in [0.25, 0.3) is 0 Å². The molecule has 0 saturated heterocycles. The highest BCUT2D eigenvalue weighted by atomic mass is 15.0. The molecule has 0 bridgehead atoms. The third-order valence-electron chi connectivity index (χ3n) is 2.51. The van der Waals surface area contributed by atoms with Crippen LogP contribution in [0.3, 0.4) is 0 Å². The molecule has 74 valence electrons. The molecule has 0 radical (unpaired) electrons. The molecule has 0 aliphatic rings. The van der Waals surface area contributed by atoms with Crippen LogP contribution in [-0.2, 0) is 6.54 Å². The average molecular weight is 189 g/mol. The van der Waals surface area contributed by atoms with Crippen molar-refractivity contribution in [2.45, 2.75) is 26.4 Å². The van der Waals surface area contributed by atoms with Gasteiger partial charge in [-0.1, -0.05) is 6.07 Å². The molecule has 0 saturated carbocycles. The van der Waals surface area contributed by atoms with Crippen molar-refractivity contribution >= 4 is 11.0 Å². The van der Waals surface area contributed by atoms with Crippen LogP contribution in [0.15, 0.2) is 24.5 Å². The van der Waals surface area contributed by atoms with E-state index in [2.05, 4.69) is 34.7 Å². The summed E-state index contributed by atoms with van der Waals surface area (Å²) in [7, 11) is 0. The second-order valence-electron chi connectivity index (χ2n) is 3.57. The van der Waals surface area contributed by atoms with Crippen LogP contribution in [0.4, 0.5) is 0 Å². The third kappa shape index (κ3) is 1.40. The van der Waals surface area contributed by atoms with Gasteiger partial charge in [-0.05, 0) is 31.5 Å². The van der Waals surface area contributed by atoms with Crippen LogP contribution in [0, 0.1) is 0 Å². The minimum atomic E-state index is 0.0752. The van der Waals surface area contributed by atoms with Gasteiger partial charge in [0.2, 0.25) is 0 Å². The van der Waals surface area contributed by atoms with Crippen molar-refractivity contribution in [3.05, 3.63) is 30.1 Å². The summed E-state index contributed by atoms with van der Waals surface area (Å²) >= 11 is 0. The lowest BCUT2D eigenvalue weighted by molar-refractivity contribution is 0.786. The minimum absolute atomic E-state index is 0.0752. The standard InChI is InChI=1S/C11H15N3/c1-3-14-7-13-10-6-9(8(2)12)4-5-11(10)14/h4-8H,3,12H2,1-2H3. The first-order valence-corrected chi connectivity index (χ1v) is 4.92. The molecule has 2 aromatic rings. The normalized spacial score (nSPS) is 13.4. The van der Waals surface area contributed by atoms with Crippen LogP contribution < -0.4 is 5.73 Å². The maximum atomic E-state index is 5.81. The van der Waals surface area contributed by atoms with E-state index in [0.717, 1.165) is 17.6 Å². The van der Waals surface area contributed by atoms with E-state index in [0.29, 0.717) is 0 Å². The lowest BCUT2D eigenvalue weighted by Gasteiger charge is -2.05. The van der Waals surface area contributed by atoms with Gasteiger partial charge in [0.15, 0.2) is 0 Å². The molecule has 0 aliphatic heterocycles. The Morgan fingerprint density at radius 3 is 2.93 bits per heavy atom. The van der Waals surface area contributed by atoms with Gasteiger partial charge < -0.3 is 10.3 Å². The molecule has 2 N–H and O–H groups in total. The molecule has 1 aromatic heterocycles. The topological polar surface area (TPSA) is 43.8 Å². The molecular formula is C11H15N3. The number of hydrogen-bond donors (Lipinski definition) is 1. The molecule has 0 fully saturated rings. The zero-order valence-corrected chi connectivity index (χ0v) is 8.57. The van der Waals surface area contributed by atoms with Gasteiger partial charge in [-0.2, -0.15) is 0 Å². The molecule has 1 unspecified atom stereocenters. The first-order valence-electron chi connectivity index (χ1n) is 4.92. The smallest absolute Gasteiger partial charge is 0.0958 e. The molecular weight excluding hydrogens is 174 g/mol. The molecule has 1 aromatic carbocycles. The van der Waals surface area contributed by atoms with Crippen LogP contribution in [0.5, 0.6) is 0 Å². The highest BCUT2D eigenvalue weighted by Gasteiger charge is 2.04. The Kier molecular flexibility index (Phi) is 2.25. The second kappa shape index (κ2) is 3.42. The Morgan fingerprint density at radius 1 is 1.50 bits per heavy atom. The Morgan fingerprint density at radius 2 is 2.29 bits per heavy atom. The van der Waals surface area contributed by atoms with E-state index < -0.39 is 0 Å². The lowest BCUT2D eigenvalue weighted by atomic mass is 10.1. The molecule has 1 heterocycles. The Hall–Kier alpha value is -1.35. The first kappa shape index (κ1) is 9.21. The highest BCUT2D eigenvalue weighted by molar-refractivity contribution is 5.76. The van der Waals surface area contributed by atoms with Crippen molar-refractivity contribution in [2.75, 3.05) is 0 Å². The van der Waals surface area contributed by atoms with E-state index in [9.17, 15) is 0 Å². The Bertz CT molecular complexity index is 443. The van der Waals surface area contributed by atoms with E-state index >= 15 is 0 Å². The van der Waals surface area contributed by atoms with Crippen molar-refractivity contribution in [1.29, 1.82) is 0 Å². The summed E-state index contributed by atoms with van der Waals surface area (Å²) in [6.07, 6.45) is 1.87. The van der Waals surface area contributed by atoms with Crippen molar-refractivity contribution < 1.29 is 0 Å². The lowest BCUT2D eigenvalue weighted by Crippen LogP contribution is -2.04. The number of nitrogens with zero attached hydrogens (tertiary/aromatic N) is 2. The van der Waals surface area contributed by atoms with Crippen LogP contribution in [0.2, 0.25) is 0 Å².